The summed E-state index contributed by atoms with van der Waals surface area (Å²) in [4.78, 5) is 5.32. The Kier molecular flexibility index (Phi) is 7.74. The van der Waals surface area contributed by atoms with Crippen molar-refractivity contribution in [2.24, 2.45) is 4.99 Å². The summed E-state index contributed by atoms with van der Waals surface area (Å²) in [5.74, 6) is 1.02. The second-order valence-corrected chi connectivity index (χ2v) is 19.0. The van der Waals surface area contributed by atoms with Crippen LogP contribution in [0.15, 0.2) is 150 Å². The summed E-state index contributed by atoms with van der Waals surface area (Å²) in [5, 5.41) is 6.64. The first kappa shape index (κ1) is 34.5. The Labute approximate surface area is 346 Å². The number of hydrogen-bond acceptors (Lipinski definition) is 3. The topological polar surface area (TPSA) is 24.4 Å². The summed E-state index contributed by atoms with van der Waals surface area (Å²) in [5.41, 5.74) is 18.5. The van der Waals surface area contributed by atoms with Gasteiger partial charge in [0.05, 0.1) is 12.1 Å². The van der Waals surface area contributed by atoms with E-state index in [-0.39, 0.29) is 22.9 Å². The van der Waals surface area contributed by atoms with Gasteiger partial charge in [0.25, 0.3) is 0 Å². The molecule has 0 bridgehead atoms. The second-order valence-electron chi connectivity index (χ2n) is 18.0. The number of fused-ring (bicyclic) bond motifs is 11. The molecule has 1 fully saturated rings. The third-order valence-electron chi connectivity index (χ3n) is 14.5. The molecule has 2 heterocycles. The zero-order valence-electron chi connectivity index (χ0n) is 33.4. The van der Waals surface area contributed by atoms with E-state index in [0.717, 1.165) is 25.1 Å². The molecule has 3 heteroatoms. The summed E-state index contributed by atoms with van der Waals surface area (Å²) < 4.78 is 2.72. The van der Waals surface area contributed by atoms with Crippen molar-refractivity contribution in [1.29, 1.82) is 0 Å². The first-order valence-electron chi connectivity index (χ1n) is 21.6. The predicted molar refractivity (Wildman–Crippen MR) is 245 cm³/mol. The fourth-order valence-electron chi connectivity index (χ4n) is 11.7. The van der Waals surface area contributed by atoms with Crippen molar-refractivity contribution < 1.29 is 0 Å². The van der Waals surface area contributed by atoms with Crippen molar-refractivity contribution in [3.05, 3.63) is 179 Å². The highest BCUT2D eigenvalue weighted by Crippen LogP contribution is 2.61. The monoisotopic (exact) mass is 768 g/mol. The molecule has 1 saturated carbocycles. The fraction of sp³-hybridized carbons (Fsp3) is 0.255. The highest BCUT2D eigenvalue weighted by molar-refractivity contribution is 7.26. The molecular formula is C55H48N2S. The van der Waals surface area contributed by atoms with E-state index in [1.165, 1.54) is 113 Å². The minimum Gasteiger partial charge on any atom is -0.363 e. The van der Waals surface area contributed by atoms with E-state index >= 15 is 0 Å². The first-order chi connectivity index (χ1) is 28.5. The first-order valence-corrected chi connectivity index (χ1v) is 22.4. The molecule has 2 atom stereocenters. The molecular weight excluding hydrogens is 721 g/mol. The van der Waals surface area contributed by atoms with Crippen LogP contribution in [0, 0.1) is 0 Å². The molecule has 6 aromatic carbocycles. The Morgan fingerprint density at radius 3 is 2.31 bits per heavy atom. The van der Waals surface area contributed by atoms with Crippen molar-refractivity contribution in [3.8, 4) is 33.4 Å². The predicted octanol–water partition coefficient (Wildman–Crippen LogP) is 14.7. The van der Waals surface area contributed by atoms with Gasteiger partial charge in [-0.2, -0.15) is 0 Å². The van der Waals surface area contributed by atoms with E-state index in [2.05, 4.69) is 159 Å². The van der Waals surface area contributed by atoms with Gasteiger partial charge in [0.2, 0.25) is 0 Å². The van der Waals surface area contributed by atoms with Crippen LogP contribution in [0.5, 0.6) is 0 Å². The average Bonchev–Trinajstić information content (AvgIpc) is 3.86. The highest BCUT2D eigenvalue weighted by atomic mass is 32.1. The summed E-state index contributed by atoms with van der Waals surface area (Å²) in [6.07, 6.45) is 16.4. The van der Waals surface area contributed by atoms with E-state index in [9.17, 15) is 0 Å². The van der Waals surface area contributed by atoms with Gasteiger partial charge in [0.15, 0.2) is 0 Å². The molecule has 1 aromatic heterocycles. The van der Waals surface area contributed by atoms with E-state index in [4.69, 9.17) is 4.99 Å². The van der Waals surface area contributed by atoms with Crippen molar-refractivity contribution >= 4 is 37.3 Å². The summed E-state index contributed by atoms with van der Waals surface area (Å²) >= 11 is 1.94. The molecule has 1 aliphatic heterocycles. The van der Waals surface area contributed by atoms with E-state index < -0.39 is 0 Å². The minimum absolute atomic E-state index is 0.0860. The maximum Gasteiger partial charge on any atom is 0.129 e. The molecule has 284 valence electrons. The third-order valence-corrected chi connectivity index (χ3v) is 15.8. The van der Waals surface area contributed by atoms with Crippen molar-refractivity contribution in [2.45, 2.75) is 88.1 Å². The largest absolute Gasteiger partial charge is 0.363 e. The number of hydrogen-bond donors (Lipinski definition) is 1. The molecule has 12 rings (SSSR count). The number of thiophene rings is 1. The third kappa shape index (κ3) is 5.05. The SMILES string of the molecule is CC1(C)c2cc3c(cc2-c2c(-c4ccc5sc6c(C7CC(c8ccccc8)N=C(C8=CCCC=C8)N7)cccc6c5c4)cccc21)C1(CCCCC1)c1ccccc1-3. The van der Waals surface area contributed by atoms with Gasteiger partial charge in [-0.3, -0.25) is 4.99 Å². The fourth-order valence-corrected chi connectivity index (χ4v) is 12.9. The standard InChI is InChI=1S/C55H48N2S/c1-54(2)45-25-15-21-37(51(45)43-32-47-41(31-46(43)54)38-20-10-11-24-44(38)55(47)28-12-5-13-29-55)36-26-27-50-42(30-36)39-22-14-23-40(52(39)58-50)49-33-48(34-16-6-3-7-17-34)56-53(57-49)35-18-8-4-9-19-35/h3,6-8,10-11,14-27,30-32,48-49H,4-5,9,12-13,28-29,33H2,1-2H3,(H,56,57). The van der Waals surface area contributed by atoms with Crippen LogP contribution in [0.2, 0.25) is 0 Å². The summed E-state index contributed by atoms with van der Waals surface area (Å²) in [7, 11) is 0. The summed E-state index contributed by atoms with van der Waals surface area (Å²) in [6.45, 7) is 4.89. The molecule has 1 spiro atoms. The lowest BCUT2D eigenvalue weighted by atomic mass is 9.67. The molecule has 4 aliphatic carbocycles. The zero-order valence-corrected chi connectivity index (χ0v) is 34.3. The van der Waals surface area contributed by atoms with E-state index in [0.29, 0.717) is 0 Å². The smallest absolute Gasteiger partial charge is 0.129 e. The Hall–Kier alpha value is -5.51. The van der Waals surface area contributed by atoms with Crippen LogP contribution in [0.1, 0.15) is 111 Å². The molecule has 2 unspecified atom stereocenters. The minimum atomic E-state index is -0.0860. The zero-order chi connectivity index (χ0) is 38.6. The van der Waals surface area contributed by atoms with Gasteiger partial charge in [-0.1, -0.05) is 148 Å². The van der Waals surface area contributed by atoms with Gasteiger partial charge in [0, 0.05) is 36.6 Å². The van der Waals surface area contributed by atoms with Crippen LogP contribution < -0.4 is 5.32 Å². The number of aliphatic imine (C=N–C) groups is 1. The molecule has 5 aliphatic rings. The van der Waals surface area contributed by atoms with Crippen LogP contribution in [-0.4, -0.2) is 5.84 Å². The molecule has 58 heavy (non-hydrogen) atoms. The quantitative estimate of drug-likeness (QED) is 0.189. The van der Waals surface area contributed by atoms with E-state index in [1.807, 2.05) is 11.3 Å². The lowest BCUT2D eigenvalue weighted by Gasteiger charge is -2.36. The van der Waals surface area contributed by atoms with Gasteiger partial charge in [-0.15, -0.1) is 11.3 Å². The Balaban J connectivity index is 0.977. The van der Waals surface area contributed by atoms with Crippen LogP contribution >= 0.6 is 11.3 Å². The summed E-state index contributed by atoms with van der Waals surface area (Å²) in [6, 6.07) is 47.1. The van der Waals surface area contributed by atoms with Crippen molar-refractivity contribution in [2.75, 3.05) is 0 Å². The number of nitrogens with zero attached hydrogens (tertiary/aromatic N) is 1. The van der Waals surface area contributed by atoms with Gasteiger partial charge >= 0.3 is 0 Å². The Bertz CT molecular complexity index is 2910. The molecule has 0 amide bonds. The molecule has 0 saturated heterocycles. The van der Waals surface area contributed by atoms with Crippen molar-refractivity contribution in [1.82, 2.24) is 5.32 Å². The second kappa shape index (κ2) is 13.0. The average molecular weight is 769 g/mol. The molecule has 2 nitrogen and oxygen atoms in total. The Morgan fingerprint density at radius 1 is 0.655 bits per heavy atom. The molecule has 1 N–H and O–H groups in total. The number of amidine groups is 1. The van der Waals surface area contributed by atoms with Gasteiger partial charge < -0.3 is 5.32 Å². The van der Waals surface area contributed by atoms with Crippen LogP contribution in [-0.2, 0) is 10.8 Å². The number of nitrogens with one attached hydrogen (secondary N) is 1. The lowest BCUT2D eigenvalue weighted by molar-refractivity contribution is 0.353. The maximum absolute atomic E-state index is 5.32. The van der Waals surface area contributed by atoms with Crippen LogP contribution in [0.25, 0.3) is 53.6 Å². The van der Waals surface area contributed by atoms with Gasteiger partial charge in [-0.05, 0) is 123 Å². The number of rotatable bonds is 4. The van der Waals surface area contributed by atoms with Gasteiger partial charge in [-0.25, -0.2) is 0 Å². The lowest BCUT2D eigenvalue weighted by Crippen LogP contribution is -2.35. The molecule has 7 aromatic rings. The van der Waals surface area contributed by atoms with E-state index in [1.54, 1.807) is 11.1 Å². The van der Waals surface area contributed by atoms with Crippen LogP contribution in [0.4, 0.5) is 0 Å². The highest BCUT2D eigenvalue weighted by Gasteiger charge is 2.46. The van der Waals surface area contributed by atoms with Crippen LogP contribution in [0.3, 0.4) is 0 Å². The van der Waals surface area contributed by atoms with Crippen molar-refractivity contribution in [3.63, 3.8) is 0 Å². The number of benzene rings is 6. The molecule has 0 radical (unpaired) electrons. The maximum atomic E-state index is 5.32. The number of allylic oxidation sites excluding steroid dienone is 2. The van der Waals surface area contributed by atoms with Gasteiger partial charge in [0.1, 0.15) is 5.84 Å². The Morgan fingerprint density at radius 2 is 1.45 bits per heavy atom. The normalized spacial score (nSPS) is 20.9.